The SMILES string of the molecule is CCCCC/C=C\C/C=C\C/C=C\C/C=C\CCCC(=O)OC(CO)COC(=O)CCCCC. The van der Waals surface area contributed by atoms with Crippen molar-refractivity contribution in [1.29, 1.82) is 0 Å². The van der Waals surface area contributed by atoms with Crippen LogP contribution in [0.3, 0.4) is 0 Å². The van der Waals surface area contributed by atoms with E-state index in [2.05, 4.69) is 62.5 Å². The first-order chi connectivity index (χ1) is 16.6. The molecule has 1 unspecified atom stereocenters. The van der Waals surface area contributed by atoms with E-state index in [0.717, 1.165) is 44.9 Å². The second-order valence-corrected chi connectivity index (χ2v) is 8.42. The number of carbonyl (C=O) groups is 2. The largest absolute Gasteiger partial charge is 0.462 e. The minimum Gasteiger partial charge on any atom is -0.462 e. The number of allylic oxidation sites excluding steroid dienone is 8. The third-order valence-corrected chi connectivity index (χ3v) is 5.13. The predicted molar refractivity (Wildman–Crippen MR) is 140 cm³/mol. The van der Waals surface area contributed by atoms with Crippen LogP contribution in [-0.2, 0) is 19.1 Å². The van der Waals surface area contributed by atoms with E-state index in [-0.39, 0.29) is 31.6 Å². The van der Waals surface area contributed by atoms with Crippen molar-refractivity contribution in [2.24, 2.45) is 0 Å². The van der Waals surface area contributed by atoms with Crippen molar-refractivity contribution in [3.05, 3.63) is 48.6 Å². The van der Waals surface area contributed by atoms with Crippen LogP contribution in [0.1, 0.15) is 104 Å². The van der Waals surface area contributed by atoms with Crippen LogP contribution < -0.4 is 0 Å². The molecule has 0 amide bonds. The zero-order valence-corrected chi connectivity index (χ0v) is 21.6. The lowest BCUT2D eigenvalue weighted by atomic mass is 10.2. The Hall–Kier alpha value is -2.14. The molecule has 1 atom stereocenters. The van der Waals surface area contributed by atoms with E-state index in [1.165, 1.54) is 25.7 Å². The Morgan fingerprint density at radius 1 is 0.676 bits per heavy atom. The van der Waals surface area contributed by atoms with Crippen molar-refractivity contribution in [1.82, 2.24) is 0 Å². The summed E-state index contributed by atoms with van der Waals surface area (Å²) in [6, 6.07) is 0. The second kappa shape index (κ2) is 25.5. The molecular formula is C29H48O5. The zero-order valence-electron chi connectivity index (χ0n) is 21.6. The number of aliphatic hydroxyl groups excluding tert-OH is 1. The maximum atomic E-state index is 11.9. The topological polar surface area (TPSA) is 72.8 Å². The molecule has 0 spiro atoms. The lowest BCUT2D eigenvalue weighted by molar-refractivity contribution is -0.161. The maximum Gasteiger partial charge on any atom is 0.306 e. The van der Waals surface area contributed by atoms with E-state index < -0.39 is 6.10 Å². The van der Waals surface area contributed by atoms with Gasteiger partial charge in [0.1, 0.15) is 6.61 Å². The number of hydrogen-bond donors (Lipinski definition) is 1. The van der Waals surface area contributed by atoms with Gasteiger partial charge in [-0.05, 0) is 51.4 Å². The van der Waals surface area contributed by atoms with Gasteiger partial charge in [0.2, 0.25) is 0 Å². The number of unbranched alkanes of at least 4 members (excludes halogenated alkanes) is 6. The zero-order chi connectivity index (χ0) is 25.1. The van der Waals surface area contributed by atoms with Gasteiger partial charge >= 0.3 is 11.9 Å². The molecule has 0 aliphatic carbocycles. The van der Waals surface area contributed by atoms with Gasteiger partial charge in [0.25, 0.3) is 0 Å². The Balaban J connectivity index is 3.75. The molecule has 0 bridgehead atoms. The summed E-state index contributed by atoms with van der Waals surface area (Å²) in [6.07, 6.45) is 29.4. The Kier molecular flexibility index (Phi) is 23.9. The number of aliphatic hydroxyl groups is 1. The third-order valence-electron chi connectivity index (χ3n) is 5.13. The van der Waals surface area contributed by atoms with Gasteiger partial charge in [0, 0.05) is 12.8 Å². The molecule has 34 heavy (non-hydrogen) atoms. The monoisotopic (exact) mass is 476 g/mol. The minimum absolute atomic E-state index is 0.0929. The first-order valence-corrected chi connectivity index (χ1v) is 13.2. The molecule has 0 rings (SSSR count). The van der Waals surface area contributed by atoms with Crippen LogP contribution in [0.5, 0.6) is 0 Å². The molecule has 0 aliphatic rings. The standard InChI is InChI=1S/C29H48O5/c1-3-5-7-8-9-10-11-12-13-14-15-16-17-18-19-20-22-24-29(32)34-27(25-30)26-33-28(31)23-21-6-4-2/h9-10,12-13,15-16,18-19,27,30H,3-8,11,14,17,20-26H2,1-2H3/b10-9-,13-12-,16-15-,19-18-. The number of hydrogen-bond acceptors (Lipinski definition) is 5. The molecule has 0 aromatic heterocycles. The van der Waals surface area contributed by atoms with E-state index >= 15 is 0 Å². The summed E-state index contributed by atoms with van der Waals surface area (Å²) in [5, 5.41) is 9.33. The molecule has 5 nitrogen and oxygen atoms in total. The summed E-state index contributed by atoms with van der Waals surface area (Å²) in [7, 11) is 0. The van der Waals surface area contributed by atoms with Crippen LogP contribution >= 0.6 is 0 Å². The van der Waals surface area contributed by atoms with Crippen molar-refractivity contribution in [3.63, 3.8) is 0 Å². The summed E-state index contributed by atoms with van der Waals surface area (Å²) in [5.74, 6) is -0.694. The molecule has 0 saturated carbocycles. The molecule has 194 valence electrons. The highest BCUT2D eigenvalue weighted by atomic mass is 16.6. The average molecular weight is 477 g/mol. The van der Waals surface area contributed by atoms with Gasteiger partial charge in [-0.25, -0.2) is 0 Å². The van der Waals surface area contributed by atoms with Gasteiger partial charge in [-0.2, -0.15) is 0 Å². The molecule has 0 radical (unpaired) electrons. The summed E-state index contributed by atoms with van der Waals surface area (Å²) in [4.78, 5) is 23.5. The number of ether oxygens (including phenoxy) is 2. The van der Waals surface area contributed by atoms with Crippen molar-refractivity contribution in [2.75, 3.05) is 13.2 Å². The van der Waals surface area contributed by atoms with Gasteiger partial charge in [-0.1, -0.05) is 88.1 Å². The summed E-state index contributed by atoms with van der Waals surface area (Å²) in [6.45, 7) is 3.84. The van der Waals surface area contributed by atoms with Crippen molar-refractivity contribution in [2.45, 2.75) is 110 Å². The minimum atomic E-state index is -0.792. The third kappa shape index (κ3) is 23.0. The summed E-state index contributed by atoms with van der Waals surface area (Å²) < 4.78 is 10.3. The first-order valence-electron chi connectivity index (χ1n) is 13.2. The summed E-state index contributed by atoms with van der Waals surface area (Å²) in [5.41, 5.74) is 0. The highest BCUT2D eigenvalue weighted by molar-refractivity contribution is 5.70. The van der Waals surface area contributed by atoms with E-state index in [9.17, 15) is 14.7 Å². The van der Waals surface area contributed by atoms with E-state index in [1.807, 2.05) is 0 Å². The molecule has 0 aliphatic heterocycles. The fourth-order valence-electron chi connectivity index (χ4n) is 3.07. The highest BCUT2D eigenvalue weighted by Crippen LogP contribution is 2.05. The van der Waals surface area contributed by atoms with Crippen molar-refractivity contribution >= 4 is 11.9 Å². The fourth-order valence-corrected chi connectivity index (χ4v) is 3.07. The van der Waals surface area contributed by atoms with Crippen LogP contribution in [0.4, 0.5) is 0 Å². The Labute approximate surface area is 208 Å². The van der Waals surface area contributed by atoms with Crippen molar-refractivity contribution in [3.8, 4) is 0 Å². The second-order valence-electron chi connectivity index (χ2n) is 8.42. The molecule has 5 heteroatoms. The van der Waals surface area contributed by atoms with Gasteiger partial charge in [0.15, 0.2) is 6.10 Å². The normalized spacial score (nSPS) is 12.9. The van der Waals surface area contributed by atoms with E-state index in [1.54, 1.807) is 0 Å². The Morgan fingerprint density at radius 3 is 1.74 bits per heavy atom. The molecule has 0 fully saturated rings. The summed E-state index contributed by atoms with van der Waals surface area (Å²) >= 11 is 0. The predicted octanol–water partition coefficient (Wildman–Crippen LogP) is 7.16. The van der Waals surface area contributed by atoms with Crippen LogP contribution in [0.15, 0.2) is 48.6 Å². The Bertz CT molecular complexity index is 604. The molecular weight excluding hydrogens is 428 g/mol. The average Bonchev–Trinajstić information content (AvgIpc) is 2.83. The van der Waals surface area contributed by atoms with Crippen LogP contribution in [0.2, 0.25) is 0 Å². The van der Waals surface area contributed by atoms with Gasteiger partial charge < -0.3 is 14.6 Å². The Morgan fingerprint density at radius 2 is 1.18 bits per heavy atom. The van der Waals surface area contributed by atoms with Crippen LogP contribution in [0, 0.1) is 0 Å². The molecule has 1 N–H and O–H groups in total. The fraction of sp³-hybridized carbons (Fsp3) is 0.655. The molecule has 0 aromatic rings. The van der Waals surface area contributed by atoms with E-state index in [4.69, 9.17) is 9.47 Å². The van der Waals surface area contributed by atoms with Gasteiger partial charge in [-0.3, -0.25) is 9.59 Å². The number of carbonyl (C=O) groups excluding carboxylic acids is 2. The first kappa shape index (κ1) is 31.9. The van der Waals surface area contributed by atoms with Gasteiger partial charge in [-0.15, -0.1) is 0 Å². The van der Waals surface area contributed by atoms with Gasteiger partial charge in [0.05, 0.1) is 6.61 Å². The molecule has 0 heterocycles. The number of rotatable bonds is 22. The van der Waals surface area contributed by atoms with E-state index in [0.29, 0.717) is 12.8 Å². The lowest BCUT2D eigenvalue weighted by Gasteiger charge is -2.15. The smallest absolute Gasteiger partial charge is 0.306 e. The lowest BCUT2D eigenvalue weighted by Crippen LogP contribution is -2.28. The maximum absolute atomic E-state index is 11.9. The quantitative estimate of drug-likeness (QED) is 0.102. The van der Waals surface area contributed by atoms with Crippen molar-refractivity contribution < 1.29 is 24.2 Å². The van der Waals surface area contributed by atoms with Crippen LogP contribution in [-0.4, -0.2) is 36.4 Å². The molecule has 0 saturated heterocycles. The van der Waals surface area contributed by atoms with Crippen LogP contribution in [0.25, 0.3) is 0 Å². The highest BCUT2D eigenvalue weighted by Gasteiger charge is 2.15. The molecule has 0 aromatic carbocycles. The number of esters is 2.